The Morgan fingerprint density at radius 1 is 1.05 bits per heavy atom. The van der Waals surface area contributed by atoms with Gasteiger partial charge in [0, 0.05) is 23.5 Å². The fourth-order valence-electron chi connectivity index (χ4n) is 1.98. The SMILES string of the molecule is NC(=O)c1cccnc1Nc1ccc2cccnc2c1. The molecule has 2 heterocycles. The molecule has 3 rings (SSSR count). The fourth-order valence-corrected chi connectivity index (χ4v) is 1.98. The van der Waals surface area contributed by atoms with E-state index in [1.54, 1.807) is 24.5 Å². The standard InChI is InChI=1S/C15H12N4O/c16-14(20)12-4-2-8-18-15(12)19-11-6-5-10-3-1-7-17-13(10)9-11/h1-9H,(H2,16,20)(H,18,19). The van der Waals surface area contributed by atoms with Gasteiger partial charge in [-0.15, -0.1) is 0 Å². The minimum Gasteiger partial charge on any atom is -0.365 e. The number of nitrogens with one attached hydrogen (secondary N) is 1. The molecule has 0 bridgehead atoms. The van der Waals surface area contributed by atoms with E-state index in [0.717, 1.165) is 16.6 Å². The molecule has 5 heteroatoms. The first-order valence-electron chi connectivity index (χ1n) is 6.11. The molecule has 0 aliphatic rings. The molecular weight excluding hydrogens is 252 g/mol. The van der Waals surface area contributed by atoms with Crippen molar-refractivity contribution in [2.45, 2.75) is 0 Å². The van der Waals surface area contributed by atoms with Crippen LogP contribution < -0.4 is 11.1 Å². The molecule has 1 amide bonds. The first kappa shape index (κ1) is 12.1. The van der Waals surface area contributed by atoms with E-state index in [0.29, 0.717) is 11.4 Å². The number of rotatable bonds is 3. The van der Waals surface area contributed by atoms with Crippen molar-refractivity contribution in [3.63, 3.8) is 0 Å². The van der Waals surface area contributed by atoms with Crippen molar-refractivity contribution in [3.05, 3.63) is 60.4 Å². The molecule has 2 aromatic heterocycles. The smallest absolute Gasteiger partial charge is 0.252 e. The van der Waals surface area contributed by atoms with E-state index in [4.69, 9.17) is 5.73 Å². The fraction of sp³-hybridized carbons (Fsp3) is 0. The molecule has 1 aromatic carbocycles. The second-order valence-electron chi connectivity index (χ2n) is 4.30. The molecule has 0 spiro atoms. The zero-order valence-corrected chi connectivity index (χ0v) is 10.6. The number of fused-ring (bicyclic) bond motifs is 1. The molecule has 0 saturated heterocycles. The average Bonchev–Trinajstić information content (AvgIpc) is 2.47. The Bertz CT molecular complexity index is 785. The molecule has 0 fully saturated rings. The number of aromatic nitrogens is 2. The molecule has 98 valence electrons. The van der Waals surface area contributed by atoms with Crippen LogP contribution in [-0.2, 0) is 0 Å². The number of pyridine rings is 2. The van der Waals surface area contributed by atoms with Gasteiger partial charge in [0.05, 0.1) is 11.1 Å². The predicted molar refractivity (Wildman–Crippen MR) is 77.8 cm³/mol. The molecular formula is C15H12N4O. The van der Waals surface area contributed by atoms with Gasteiger partial charge in [-0.3, -0.25) is 9.78 Å². The van der Waals surface area contributed by atoms with Crippen LogP contribution in [0.3, 0.4) is 0 Å². The van der Waals surface area contributed by atoms with Crippen LogP contribution in [0, 0.1) is 0 Å². The second-order valence-corrected chi connectivity index (χ2v) is 4.30. The van der Waals surface area contributed by atoms with E-state index in [1.807, 2.05) is 30.3 Å². The van der Waals surface area contributed by atoms with Gasteiger partial charge in [-0.2, -0.15) is 0 Å². The maximum Gasteiger partial charge on any atom is 0.252 e. The molecule has 0 aliphatic heterocycles. The summed E-state index contributed by atoms with van der Waals surface area (Å²) in [6, 6.07) is 12.9. The molecule has 0 unspecified atom stereocenters. The van der Waals surface area contributed by atoms with Crippen molar-refractivity contribution >= 4 is 28.3 Å². The highest BCUT2D eigenvalue weighted by molar-refractivity contribution is 5.98. The Kier molecular flexibility index (Phi) is 3.01. The number of anilines is 2. The number of hydrogen-bond donors (Lipinski definition) is 2. The van der Waals surface area contributed by atoms with E-state index in [9.17, 15) is 4.79 Å². The Labute approximate surface area is 115 Å². The lowest BCUT2D eigenvalue weighted by molar-refractivity contribution is 0.100. The molecule has 5 nitrogen and oxygen atoms in total. The van der Waals surface area contributed by atoms with Crippen LogP contribution in [-0.4, -0.2) is 15.9 Å². The Morgan fingerprint density at radius 2 is 1.85 bits per heavy atom. The number of nitrogens with zero attached hydrogens (tertiary/aromatic N) is 2. The molecule has 3 aromatic rings. The minimum atomic E-state index is -0.514. The molecule has 0 aliphatic carbocycles. The highest BCUT2D eigenvalue weighted by Crippen LogP contribution is 2.21. The molecule has 0 atom stereocenters. The number of amides is 1. The average molecular weight is 264 g/mol. The third-order valence-electron chi connectivity index (χ3n) is 2.94. The van der Waals surface area contributed by atoms with Crippen LogP contribution in [0.1, 0.15) is 10.4 Å². The van der Waals surface area contributed by atoms with Gasteiger partial charge in [0.15, 0.2) is 0 Å². The number of hydrogen-bond acceptors (Lipinski definition) is 4. The van der Waals surface area contributed by atoms with Crippen LogP contribution in [0.25, 0.3) is 10.9 Å². The van der Waals surface area contributed by atoms with Crippen LogP contribution in [0.5, 0.6) is 0 Å². The first-order chi connectivity index (χ1) is 9.74. The zero-order valence-electron chi connectivity index (χ0n) is 10.6. The number of primary amides is 1. The van der Waals surface area contributed by atoms with Gasteiger partial charge in [-0.1, -0.05) is 12.1 Å². The van der Waals surface area contributed by atoms with Gasteiger partial charge in [0.1, 0.15) is 5.82 Å². The van der Waals surface area contributed by atoms with Crippen molar-refractivity contribution in [2.75, 3.05) is 5.32 Å². The maximum atomic E-state index is 11.4. The lowest BCUT2D eigenvalue weighted by atomic mass is 10.2. The number of carbonyl (C=O) groups excluding carboxylic acids is 1. The number of nitrogens with two attached hydrogens (primary N) is 1. The first-order valence-corrected chi connectivity index (χ1v) is 6.11. The van der Waals surface area contributed by atoms with Gasteiger partial charge >= 0.3 is 0 Å². The summed E-state index contributed by atoms with van der Waals surface area (Å²) in [4.78, 5) is 19.8. The minimum absolute atomic E-state index is 0.355. The normalized spacial score (nSPS) is 10.4. The second kappa shape index (κ2) is 4.97. The molecule has 0 saturated carbocycles. The quantitative estimate of drug-likeness (QED) is 0.761. The van der Waals surface area contributed by atoms with Crippen molar-refractivity contribution in [3.8, 4) is 0 Å². The van der Waals surface area contributed by atoms with Crippen LogP contribution in [0.15, 0.2) is 54.9 Å². The summed E-state index contributed by atoms with van der Waals surface area (Å²) in [6.45, 7) is 0. The summed E-state index contributed by atoms with van der Waals surface area (Å²) in [5.41, 5.74) is 7.36. The highest BCUT2D eigenvalue weighted by atomic mass is 16.1. The van der Waals surface area contributed by atoms with Gasteiger partial charge in [0.25, 0.3) is 5.91 Å². The van der Waals surface area contributed by atoms with Crippen molar-refractivity contribution in [1.82, 2.24) is 9.97 Å². The van der Waals surface area contributed by atoms with Crippen LogP contribution >= 0.6 is 0 Å². The molecule has 0 radical (unpaired) electrons. The van der Waals surface area contributed by atoms with E-state index in [-0.39, 0.29) is 0 Å². The van der Waals surface area contributed by atoms with Crippen LogP contribution in [0.4, 0.5) is 11.5 Å². The Balaban J connectivity index is 1.99. The molecule has 20 heavy (non-hydrogen) atoms. The topological polar surface area (TPSA) is 80.9 Å². The summed E-state index contributed by atoms with van der Waals surface area (Å²) in [6.07, 6.45) is 3.34. The lowest BCUT2D eigenvalue weighted by Crippen LogP contribution is -2.14. The maximum absolute atomic E-state index is 11.4. The largest absolute Gasteiger partial charge is 0.365 e. The summed E-state index contributed by atoms with van der Waals surface area (Å²) in [5, 5.41) is 4.14. The van der Waals surface area contributed by atoms with Crippen molar-refractivity contribution in [2.24, 2.45) is 5.73 Å². The Hall–Kier alpha value is -2.95. The van der Waals surface area contributed by atoms with E-state index in [1.165, 1.54) is 0 Å². The number of benzene rings is 1. The third kappa shape index (κ3) is 2.29. The zero-order chi connectivity index (χ0) is 13.9. The Morgan fingerprint density at radius 3 is 2.70 bits per heavy atom. The number of carbonyl (C=O) groups is 1. The lowest BCUT2D eigenvalue weighted by Gasteiger charge is -2.09. The summed E-state index contributed by atoms with van der Waals surface area (Å²) < 4.78 is 0. The predicted octanol–water partition coefficient (Wildman–Crippen LogP) is 2.47. The third-order valence-corrected chi connectivity index (χ3v) is 2.94. The van der Waals surface area contributed by atoms with Crippen LogP contribution in [0.2, 0.25) is 0 Å². The summed E-state index contributed by atoms with van der Waals surface area (Å²) in [5.74, 6) is -0.0743. The molecule has 3 N–H and O–H groups in total. The summed E-state index contributed by atoms with van der Waals surface area (Å²) in [7, 11) is 0. The van der Waals surface area contributed by atoms with Gasteiger partial charge in [-0.05, 0) is 30.3 Å². The van der Waals surface area contributed by atoms with Gasteiger partial charge in [-0.25, -0.2) is 4.98 Å². The van der Waals surface area contributed by atoms with Gasteiger partial charge in [0.2, 0.25) is 0 Å². The van der Waals surface area contributed by atoms with Crippen molar-refractivity contribution in [1.29, 1.82) is 0 Å². The highest BCUT2D eigenvalue weighted by Gasteiger charge is 2.08. The van der Waals surface area contributed by atoms with E-state index >= 15 is 0 Å². The van der Waals surface area contributed by atoms with E-state index in [2.05, 4.69) is 15.3 Å². The summed E-state index contributed by atoms with van der Waals surface area (Å²) >= 11 is 0. The van der Waals surface area contributed by atoms with Crippen molar-refractivity contribution < 1.29 is 4.79 Å². The monoisotopic (exact) mass is 264 g/mol. The van der Waals surface area contributed by atoms with Gasteiger partial charge < -0.3 is 11.1 Å². The van der Waals surface area contributed by atoms with E-state index < -0.39 is 5.91 Å².